The third-order valence-electron chi connectivity index (χ3n) is 5.55. The molecule has 7 nitrogen and oxygen atoms in total. The Hall–Kier alpha value is -2.54. The minimum Gasteiger partial charge on any atom is -0.381 e. The van der Waals surface area contributed by atoms with E-state index in [1.807, 2.05) is 25.1 Å². The number of ether oxygens (including phenoxy) is 1. The van der Waals surface area contributed by atoms with Gasteiger partial charge < -0.3 is 15.0 Å². The Kier molecular flexibility index (Phi) is 5.81. The zero-order valence-electron chi connectivity index (χ0n) is 16.3. The molecule has 0 aromatic carbocycles. The summed E-state index contributed by atoms with van der Waals surface area (Å²) in [7, 11) is 0. The minimum absolute atomic E-state index is 0.0469. The van der Waals surface area contributed by atoms with E-state index in [2.05, 4.69) is 31.2 Å². The standard InChI is InChI=1S/C21H27N5O2/c1-15-24-19(17-7-11-28-14-17)12-20(25-15)26-9-5-16(6-10-26)21(27)23-13-18-4-2-3-8-22-18/h2-4,8,12,16-17H,5-7,9-11,13-14H2,1H3,(H,23,27)/t17-/m0/s1. The number of amides is 1. The van der Waals surface area contributed by atoms with Gasteiger partial charge in [0.15, 0.2) is 0 Å². The molecule has 1 atom stereocenters. The van der Waals surface area contributed by atoms with Gasteiger partial charge in [-0.1, -0.05) is 6.07 Å². The number of hydrogen-bond donors (Lipinski definition) is 1. The van der Waals surface area contributed by atoms with Gasteiger partial charge in [-0.05, 0) is 38.3 Å². The van der Waals surface area contributed by atoms with E-state index in [0.29, 0.717) is 12.5 Å². The van der Waals surface area contributed by atoms with E-state index in [9.17, 15) is 4.79 Å². The summed E-state index contributed by atoms with van der Waals surface area (Å²) in [5.41, 5.74) is 1.96. The first kappa shape index (κ1) is 18.8. The van der Waals surface area contributed by atoms with Gasteiger partial charge in [0.05, 0.1) is 24.5 Å². The lowest BCUT2D eigenvalue weighted by Crippen LogP contribution is -2.40. The second kappa shape index (κ2) is 8.65. The predicted octanol–water partition coefficient (Wildman–Crippen LogP) is 2.22. The van der Waals surface area contributed by atoms with Crippen LogP contribution in [0.1, 0.15) is 42.4 Å². The molecule has 0 bridgehead atoms. The maximum Gasteiger partial charge on any atom is 0.223 e. The van der Waals surface area contributed by atoms with Gasteiger partial charge in [0, 0.05) is 43.8 Å². The van der Waals surface area contributed by atoms with Gasteiger partial charge in [-0.25, -0.2) is 9.97 Å². The molecule has 2 aromatic rings. The largest absolute Gasteiger partial charge is 0.381 e. The molecule has 2 fully saturated rings. The number of aromatic nitrogens is 3. The van der Waals surface area contributed by atoms with Gasteiger partial charge >= 0.3 is 0 Å². The van der Waals surface area contributed by atoms with E-state index in [0.717, 1.165) is 68.6 Å². The maximum atomic E-state index is 12.5. The predicted molar refractivity (Wildman–Crippen MR) is 106 cm³/mol. The normalized spacial score (nSPS) is 20.3. The molecule has 2 saturated heterocycles. The van der Waals surface area contributed by atoms with E-state index in [4.69, 9.17) is 4.74 Å². The van der Waals surface area contributed by atoms with Crippen LogP contribution in [0.3, 0.4) is 0 Å². The summed E-state index contributed by atoms with van der Waals surface area (Å²) in [5, 5.41) is 3.02. The molecule has 0 unspecified atom stereocenters. The molecule has 2 aliphatic heterocycles. The van der Waals surface area contributed by atoms with Crippen LogP contribution >= 0.6 is 0 Å². The second-order valence-corrected chi connectivity index (χ2v) is 7.56. The molecule has 2 aromatic heterocycles. The van der Waals surface area contributed by atoms with E-state index in [1.165, 1.54) is 0 Å². The molecule has 4 rings (SSSR count). The number of aryl methyl sites for hydroxylation is 1. The number of rotatable bonds is 5. The van der Waals surface area contributed by atoms with Gasteiger partial charge in [0.25, 0.3) is 0 Å². The molecule has 4 heterocycles. The number of piperidine rings is 1. The third kappa shape index (κ3) is 4.47. The fourth-order valence-electron chi connectivity index (χ4n) is 3.91. The molecule has 0 radical (unpaired) electrons. The van der Waals surface area contributed by atoms with Crippen LogP contribution in [-0.4, -0.2) is 47.2 Å². The van der Waals surface area contributed by atoms with Crippen molar-refractivity contribution >= 4 is 11.7 Å². The molecular formula is C21H27N5O2. The lowest BCUT2D eigenvalue weighted by Gasteiger charge is -2.32. The molecular weight excluding hydrogens is 354 g/mol. The minimum atomic E-state index is 0.0469. The van der Waals surface area contributed by atoms with Crippen LogP contribution in [0.4, 0.5) is 5.82 Å². The molecule has 28 heavy (non-hydrogen) atoms. The molecule has 148 valence electrons. The average Bonchev–Trinajstić information content (AvgIpc) is 3.27. The summed E-state index contributed by atoms with van der Waals surface area (Å²) in [6, 6.07) is 7.84. The smallest absolute Gasteiger partial charge is 0.223 e. The van der Waals surface area contributed by atoms with Crippen LogP contribution in [0.25, 0.3) is 0 Å². The molecule has 1 N–H and O–H groups in total. The fourth-order valence-corrected chi connectivity index (χ4v) is 3.91. The quantitative estimate of drug-likeness (QED) is 0.855. The number of pyridine rings is 1. The molecule has 1 amide bonds. The van der Waals surface area contributed by atoms with E-state index < -0.39 is 0 Å². The van der Waals surface area contributed by atoms with Crippen molar-refractivity contribution in [3.63, 3.8) is 0 Å². The summed E-state index contributed by atoms with van der Waals surface area (Å²) in [4.78, 5) is 28.3. The third-order valence-corrected chi connectivity index (χ3v) is 5.55. The Labute approximate surface area is 165 Å². The monoisotopic (exact) mass is 381 g/mol. The Morgan fingerprint density at radius 2 is 2.11 bits per heavy atom. The van der Waals surface area contributed by atoms with Crippen molar-refractivity contribution < 1.29 is 9.53 Å². The summed E-state index contributed by atoms with van der Waals surface area (Å²) in [5.74, 6) is 2.31. The first-order chi connectivity index (χ1) is 13.7. The van der Waals surface area contributed by atoms with Crippen molar-refractivity contribution in [1.82, 2.24) is 20.3 Å². The molecule has 7 heteroatoms. The number of carbonyl (C=O) groups excluding carboxylic acids is 1. The highest BCUT2D eigenvalue weighted by atomic mass is 16.5. The van der Waals surface area contributed by atoms with Crippen molar-refractivity contribution in [1.29, 1.82) is 0 Å². The molecule has 0 spiro atoms. The van der Waals surface area contributed by atoms with Crippen molar-refractivity contribution in [2.45, 2.75) is 38.6 Å². The average molecular weight is 381 g/mol. The fraction of sp³-hybridized carbons (Fsp3) is 0.524. The number of nitrogens with one attached hydrogen (secondary N) is 1. The lowest BCUT2D eigenvalue weighted by molar-refractivity contribution is -0.125. The highest BCUT2D eigenvalue weighted by Gasteiger charge is 2.27. The summed E-state index contributed by atoms with van der Waals surface area (Å²) in [6.45, 7) is 5.65. The number of hydrogen-bond acceptors (Lipinski definition) is 6. The van der Waals surface area contributed by atoms with E-state index in [-0.39, 0.29) is 11.8 Å². The maximum absolute atomic E-state index is 12.5. The summed E-state index contributed by atoms with van der Waals surface area (Å²) < 4.78 is 5.51. The van der Waals surface area contributed by atoms with Crippen molar-refractivity contribution in [3.8, 4) is 0 Å². The van der Waals surface area contributed by atoms with Crippen LogP contribution in [0.2, 0.25) is 0 Å². The first-order valence-electron chi connectivity index (χ1n) is 10.0. The molecule has 2 aliphatic rings. The SMILES string of the molecule is Cc1nc([C@H]2CCOC2)cc(N2CCC(C(=O)NCc3ccccn3)CC2)n1. The molecule has 0 aliphatic carbocycles. The van der Waals surface area contributed by atoms with Crippen molar-refractivity contribution in [3.05, 3.63) is 47.7 Å². The highest BCUT2D eigenvalue weighted by molar-refractivity contribution is 5.78. The second-order valence-electron chi connectivity index (χ2n) is 7.56. The Balaban J connectivity index is 1.33. The van der Waals surface area contributed by atoms with Gasteiger partial charge in [0.2, 0.25) is 5.91 Å². The number of nitrogens with zero attached hydrogens (tertiary/aromatic N) is 4. The molecule has 0 saturated carbocycles. The van der Waals surface area contributed by atoms with Crippen LogP contribution in [-0.2, 0) is 16.1 Å². The van der Waals surface area contributed by atoms with Gasteiger partial charge in [-0.15, -0.1) is 0 Å². The van der Waals surface area contributed by atoms with Gasteiger partial charge in [-0.2, -0.15) is 0 Å². The topological polar surface area (TPSA) is 80.2 Å². The highest BCUT2D eigenvalue weighted by Crippen LogP contribution is 2.28. The number of anilines is 1. The van der Waals surface area contributed by atoms with Crippen LogP contribution in [0.5, 0.6) is 0 Å². The zero-order valence-corrected chi connectivity index (χ0v) is 16.3. The first-order valence-corrected chi connectivity index (χ1v) is 10.0. The van der Waals surface area contributed by atoms with Crippen LogP contribution in [0, 0.1) is 12.8 Å². The van der Waals surface area contributed by atoms with Gasteiger partial charge in [-0.3, -0.25) is 9.78 Å². The number of carbonyl (C=O) groups is 1. The lowest BCUT2D eigenvalue weighted by atomic mass is 9.95. The Bertz CT molecular complexity index is 800. The van der Waals surface area contributed by atoms with Crippen molar-refractivity contribution in [2.24, 2.45) is 5.92 Å². The Morgan fingerprint density at radius 1 is 1.25 bits per heavy atom. The van der Waals surface area contributed by atoms with Gasteiger partial charge in [0.1, 0.15) is 11.6 Å². The van der Waals surface area contributed by atoms with E-state index in [1.54, 1.807) is 6.20 Å². The van der Waals surface area contributed by atoms with Crippen LogP contribution < -0.4 is 10.2 Å². The van der Waals surface area contributed by atoms with Crippen molar-refractivity contribution in [2.75, 3.05) is 31.2 Å². The summed E-state index contributed by atoms with van der Waals surface area (Å²) >= 11 is 0. The zero-order chi connectivity index (χ0) is 19.3. The Morgan fingerprint density at radius 3 is 2.82 bits per heavy atom. The van der Waals surface area contributed by atoms with E-state index >= 15 is 0 Å². The van der Waals surface area contributed by atoms with Crippen LogP contribution in [0.15, 0.2) is 30.5 Å². The summed E-state index contributed by atoms with van der Waals surface area (Å²) in [6.07, 6.45) is 4.43.